The van der Waals surface area contributed by atoms with E-state index in [1.807, 2.05) is 24.3 Å². The summed E-state index contributed by atoms with van der Waals surface area (Å²) in [5.41, 5.74) is 1.22. The standard InChI is InChI=1S/C17H24N4/c1-13(2)9-11-18-16-10-12-19-17(21-16)20-14(3)15-7-5-4-6-8-15/h4-8,10,12-14H,9,11H2,1-3H3,(H2,18,19,20,21). The number of rotatable bonds is 7. The first-order chi connectivity index (χ1) is 10.1. The van der Waals surface area contributed by atoms with Crippen LogP contribution in [-0.2, 0) is 0 Å². The van der Waals surface area contributed by atoms with Crippen LogP contribution in [0.15, 0.2) is 42.6 Å². The summed E-state index contributed by atoms with van der Waals surface area (Å²) >= 11 is 0. The van der Waals surface area contributed by atoms with Gasteiger partial charge in [-0.3, -0.25) is 0 Å². The second-order valence-corrected chi connectivity index (χ2v) is 5.65. The van der Waals surface area contributed by atoms with Crippen LogP contribution in [0.1, 0.15) is 38.8 Å². The lowest BCUT2D eigenvalue weighted by molar-refractivity contribution is 0.606. The monoisotopic (exact) mass is 284 g/mol. The summed E-state index contributed by atoms with van der Waals surface area (Å²) in [6.45, 7) is 7.48. The minimum Gasteiger partial charge on any atom is -0.370 e. The predicted octanol–water partition coefficient (Wildman–Crippen LogP) is 4.11. The number of hydrogen-bond acceptors (Lipinski definition) is 4. The fourth-order valence-electron chi connectivity index (χ4n) is 2.03. The van der Waals surface area contributed by atoms with Gasteiger partial charge in [0.2, 0.25) is 5.95 Å². The van der Waals surface area contributed by atoms with Gasteiger partial charge in [-0.25, -0.2) is 4.98 Å². The smallest absolute Gasteiger partial charge is 0.225 e. The molecule has 4 heteroatoms. The number of nitrogens with zero attached hydrogens (tertiary/aromatic N) is 2. The molecule has 0 aliphatic carbocycles. The molecular formula is C17H24N4. The van der Waals surface area contributed by atoms with Gasteiger partial charge in [0, 0.05) is 12.7 Å². The zero-order chi connectivity index (χ0) is 15.1. The molecule has 0 aliphatic heterocycles. The maximum Gasteiger partial charge on any atom is 0.225 e. The lowest BCUT2D eigenvalue weighted by atomic mass is 10.1. The Hall–Kier alpha value is -2.10. The van der Waals surface area contributed by atoms with Crippen LogP contribution in [0.4, 0.5) is 11.8 Å². The SMILES string of the molecule is CC(C)CCNc1ccnc(NC(C)c2ccccc2)n1. The number of aromatic nitrogens is 2. The van der Waals surface area contributed by atoms with Crippen molar-refractivity contribution < 1.29 is 0 Å². The molecule has 1 aromatic carbocycles. The summed E-state index contributed by atoms with van der Waals surface area (Å²) in [4.78, 5) is 8.79. The summed E-state index contributed by atoms with van der Waals surface area (Å²) in [5.74, 6) is 2.21. The largest absolute Gasteiger partial charge is 0.370 e. The van der Waals surface area contributed by atoms with Crippen molar-refractivity contribution >= 4 is 11.8 Å². The molecule has 0 spiro atoms. The van der Waals surface area contributed by atoms with Crippen molar-refractivity contribution in [3.05, 3.63) is 48.2 Å². The van der Waals surface area contributed by atoms with E-state index in [1.54, 1.807) is 6.20 Å². The summed E-state index contributed by atoms with van der Waals surface area (Å²) in [7, 11) is 0. The normalized spacial score (nSPS) is 12.2. The number of benzene rings is 1. The Morgan fingerprint density at radius 2 is 1.81 bits per heavy atom. The summed E-state index contributed by atoms with van der Waals surface area (Å²) in [6.07, 6.45) is 2.91. The molecule has 1 unspecified atom stereocenters. The Morgan fingerprint density at radius 1 is 1.05 bits per heavy atom. The molecule has 2 aromatic rings. The van der Waals surface area contributed by atoms with Crippen LogP contribution in [-0.4, -0.2) is 16.5 Å². The van der Waals surface area contributed by atoms with E-state index in [0.29, 0.717) is 11.9 Å². The molecule has 0 aliphatic rings. The maximum atomic E-state index is 4.50. The molecule has 1 atom stereocenters. The van der Waals surface area contributed by atoms with Crippen molar-refractivity contribution in [1.29, 1.82) is 0 Å². The average molecular weight is 284 g/mol. The fourth-order valence-corrected chi connectivity index (χ4v) is 2.03. The van der Waals surface area contributed by atoms with Gasteiger partial charge in [0.15, 0.2) is 0 Å². The Labute approximate surface area is 127 Å². The van der Waals surface area contributed by atoms with Gasteiger partial charge in [-0.05, 0) is 30.9 Å². The first-order valence-corrected chi connectivity index (χ1v) is 7.53. The molecule has 4 nitrogen and oxygen atoms in total. The van der Waals surface area contributed by atoms with Crippen molar-refractivity contribution in [3.8, 4) is 0 Å². The fraction of sp³-hybridized carbons (Fsp3) is 0.412. The molecule has 0 amide bonds. The summed E-state index contributed by atoms with van der Waals surface area (Å²) in [5, 5.41) is 6.67. The highest BCUT2D eigenvalue weighted by Crippen LogP contribution is 2.17. The molecule has 2 rings (SSSR count). The van der Waals surface area contributed by atoms with E-state index >= 15 is 0 Å². The summed E-state index contributed by atoms with van der Waals surface area (Å²) in [6, 6.07) is 12.4. The second kappa shape index (κ2) is 7.62. The molecule has 21 heavy (non-hydrogen) atoms. The first-order valence-electron chi connectivity index (χ1n) is 7.53. The zero-order valence-corrected chi connectivity index (χ0v) is 13.0. The minimum atomic E-state index is 0.178. The van der Waals surface area contributed by atoms with Gasteiger partial charge >= 0.3 is 0 Å². The average Bonchev–Trinajstić information content (AvgIpc) is 2.48. The molecule has 1 heterocycles. The van der Waals surface area contributed by atoms with Gasteiger partial charge in [0.25, 0.3) is 0 Å². The number of anilines is 2. The predicted molar refractivity (Wildman–Crippen MR) is 88.5 cm³/mol. The molecule has 112 valence electrons. The van der Waals surface area contributed by atoms with Gasteiger partial charge in [0.1, 0.15) is 5.82 Å². The van der Waals surface area contributed by atoms with Crippen molar-refractivity contribution in [3.63, 3.8) is 0 Å². The van der Waals surface area contributed by atoms with Crippen molar-refractivity contribution in [1.82, 2.24) is 9.97 Å². The second-order valence-electron chi connectivity index (χ2n) is 5.65. The molecular weight excluding hydrogens is 260 g/mol. The van der Waals surface area contributed by atoms with Crippen molar-refractivity contribution in [2.45, 2.75) is 33.2 Å². The highest BCUT2D eigenvalue weighted by molar-refractivity contribution is 5.40. The van der Waals surface area contributed by atoms with Crippen LogP contribution >= 0.6 is 0 Å². The van der Waals surface area contributed by atoms with Gasteiger partial charge in [-0.15, -0.1) is 0 Å². The van der Waals surface area contributed by atoms with Crippen LogP contribution in [0.2, 0.25) is 0 Å². The highest BCUT2D eigenvalue weighted by atomic mass is 15.1. The van der Waals surface area contributed by atoms with Crippen LogP contribution in [0.25, 0.3) is 0 Å². The van der Waals surface area contributed by atoms with Crippen LogP contribution in [0.3, 0.4) is 0 Å². The van der Waals surface area contributed by atoms with E-state index < -0.39 is 0 Å². The van der Waals surface area contributed by atoms with E-state index in [4.69, 9.17) is 0 Å². The van der Waals surface area contributed by atoms with Gasteiger partial charge in [-0.2, -0.15) is 4.98 Å². The topological polar surface area (TPSA) is 49.8 Å². The minimum absolute atomic E-state index is 0.178. The van der Waals surface area contributed by atoms with E-state index in [0.717, 1.165) is 18.8 Å². The summed E-state index contributed by atoms with van der Waals surface area (Å²) < 4.78 is 0. The Bertz CT molecular complexity index is 539. The molecule has 0 fully saturated rings. The van der Waals surface area contributed by atoms with E-state index in [-0.39, 0.29) is 6.04 Å². The molecule has 0 saturated heterocycles. The molecule has 0 radical (unpaired) electrons. The van der Waals surface area contributed by atoms with Crippen molar-refractivity contribution in [2.24, 2.45) is 5.92 Å². The van der Waals surface area contributed by atoms with E-state index in [1.165, 1.54) is 5.56 Å². The molecule has 2 N–H and O–H groups in total. The van der Waals surface area contributed by atoms with Crippen LogP contribution in [0.5, 0.6) is 0 Å². The Balaban J connectivity index is 1.94. The molecule has 0 bridgehead atoms. The Kier molecular flexibility index (Phi) is 5.55. The first kappa shape index (κ1) is 15.3. The van der Waals surface area contributed by atoms with Gasteiger partial charge < -0.3 is 10.6 Å². The third-order valence-corrected chi connectivity index (χ3v) is 3.33. The maximum absolute atomic E-state index is 4.50. The van der Waals surface area contributed by atoms with E-state index in [9.17, 15) is 0 Å². The lowest BCUT2D eigenvalue weighted by Crippen LogP contribution is -2.11. The van der Waals surface area contributed by atoms with Gasteiger partial charge in [0.05, 0.1) is 6.04 Å². The van der Waals surface area contributed by atoms with Gasteiger partial charge in [-0.1, -0.05) is 44.2 Å². The molecule has 0 saturated carbocycles. The quantitative estimate of drug-likeness (QED) is 0.803. The third kappa shape index (κ3) is 5.06. The zero-order valence-electron chi connectivity index (χ0n) is 13.0. The molecule has 1 aromatic heterocycles. The number of hydrogen-bond donors (Lipinski definition) is 2. The number of nitrogens with one attached hydrogen (secondary N) is 2. The highest BCUT2D eigenvalue weighted by Gasteiger charge is 2.06. The van der Waals surface area contributed by atoms with Crippen molar-refractivity contribution in [2.75, 3.05) is 17.2 Å². The van der Waals surface area contributed by atoms with Crippen LogP contribution in [0, 0.1) is 5.92 Å². The third-order valence-electron chi connectivity index (χ3n) is 3.33. The Morgan fingerprint density at radius 3 is 2.52 bits per heavy atom. The van der Waals surface area contributed by atoms with Crippen LogP contribution < -0.4 is 10.6 Å². The van der Waals surface area contributed by atoms with E-state index in [2.05, 4.69) is 53.5 Å². The lowest BCUT2D eigenvalue weighted by Gasteiger charge is -2.15.